The fourth-order valence-corrected chi connectivity index (χ4v) is 3.71. The van der Waals surface area contributed by atoms with Gasteiger partial charge in [0.15, 0.2) is 5.96 Å². The number of thiazole rings is 1. The minimum Gasteiger partial charge on any atom is -0.349 e. The van der Waals surface area contributed by atoms with Crippen molar-refractivity contribution in [1.29, 1.82) is 0 Å². The molecule has 2 heterocycles. The normalized spacial score (nSPS) is 15.0. The molecule has 122 valence electrons. The average Bonchev–Trinajstić information content (AvgIpc) is 3.15. The topological polar surface area (TPSA) is 40.5 Å². The Labute approximate surface area is 142 Å². The zero-order chi connectivity index (χ0) is 16.4. The predicted octanol–water partition coefficient (Wildman–Crippen LogP) is 3.58. The Morgan fingerprint density at radius 1 is 1.35 bits per heavy atom. The number of hydrogen-bond donors (Lipinski definition) is 1. The highest BCUT2D eigenvalue weighted by molar-refractivity contribution is 7.09. The smallest absolute Gasteiger partial charge is 0.198 e. The molecule has 5 heteroatoms. The molecule has 3 rings (SSSR count). The number of anilines is 1. The van der Waals surface area contributed by atoms with Crippen molar-refractivity contribution >= 4 is 23.0 Å². The van der Waals surface area contributed by atoms with Crippen molar-refractivity contribution in [2.75, 3.05) is 18.5 Å². The first-order valence-corrected chi connectivity index (χ1v) is 8.88. The number of aromatic nitrogens is 1. The van der Waals surface area contributed by atoms with Crippen LogP contribution in [0.5, 0.6) is 0 Å². The summed E-state index contributed by atoms with van der Waals surface area (Å²) in [5, 5.41) is 6.72. The first-order valence-electron chi connectivity index (χ1n) is 8.00. The maximum Gasteiger partial charge on any atom is 0.198 e. The highest BCUT2D eigenvalue weighted by atomic mass is 32.1. The molecule has 23 heavy (non-hydrogen) atoms. The third-order valence-corrected chi connectivity index (χ3v) is 4.92. The summed E-state index contributed by atoms with van der Waals surface area (Å²) in [7, 11) is 1.84. The number of rotatable bonds is 2. The second kappa shape index (κ2) is 6.32. The van der Waals surface area contributed by atoms with Crippen molar-refractivity contribution < 1.29 is 0 Å². The number of nitrogens with one attached hydrogen (secondary N) is 1. The molecule has 1 aromatic heterocycles. The summed E-state index contributed by atoms with van der Waals surface area (Å²) in [6, 6.07) is 8.54. The van der Waals surface area contributed by atoms with Gasteiger partial charge in [-0.05, 0) is 18.1 Å². The van der Waals surface area contributed by atoms with Crippen LogP contribution >= 0.6 is 11.3 Å². The number of benzene rings is 1. The van der Waals surface area contributed by atoms with Crippen LogP contribution in [0.3, 0.4) is 0 Å². The lowest BCUT2D eigenvalue weighted by molar-refractivity contribution is 0.570. The molecule has 0 unspecified atom stereocenters. The Hall–Kier alpha value is -1.88. The van der Waals surface area contributed by atoms with Crippen LogP contribution < -0.4 is 10.2 Å². The van der Waals surface area contributed by atoms with Crippen LogP contribution in [-0.4, -0.2) is 24.5 Å². The van der Waals surface area contributed by atoms with E-state index in [0.29, 0.717) is 6.54 Å². The summed E-state index contributed by atoms with van der Waals surface area (Å²) in [4.78, 5) is 11.4. The number of aliphatic imine (C=N–C) groups is 1. The molecule has 0 atom stereocenters. The van der Waals surface area contributed by atoms with Gasteiger partial charge in [0.2, 0.25) is 0 Å². The Bertz CT molecular complexity index is 712. The quantitative estimate of drug-likeness (QED) is 0.677. The molecule has 1 N–H and O–H groups in total. The standard InChI is InChI=1S/C18H24N4S/c1-18(2,3)15-12-23-16(21-15)11-20-17(19-4)22-10-9-13-7-5-6-8-14(13)22/h5-8,12H,9-11H2,1-4H3,(H,19,20). The molecule has 0 bridgehead atoms. The van der Waals surface area contributed by atoms with Gasteiger partial charge in [0.1, 0.15) is 5.01 Å². The van der Waals surface area contributed by atoms with E-state index in [2.05, 4.69) is 65.6 Å². The zero-order valence-electron chi connectivity index (χ0n) is 14.3. The first kappa shape index (κ1) is 16.0. The van der Waals surface area contributed by atoms with Gasteiger partial charge in [-0.1, -0.05) is 39.0 Å². The van der Waals surface area contributed by atoms with Crippen LogP contribution in [0.1, 0.15) is 37.0 Å². The molecule has 1 aromatic carbocycles. The van der Waals surface area contributed by atoms with Crippen molar-refractivity contribution in [3.05, 3.63) is 45.9 Å². The zero-order valence-corrected chi connectivity index (χ0v) is 15.1. The van der Waals surface area contributed by atoms with Gasteiger partial charge in [-0.25, -0.2) is 4.98 Å². The highest BCUT2D eigenvalue weighted by Crippen LogP contribution is 2.27. The summed E-state index contributed by atoms with van der Waals surface area (Å²) in [6.07, 6.45) is 1.07. The summed E-state index contributed by atoms with van der Waals surface area (Å²) in [5.74, 6) is 0.919. The molecule has 4 nitrogen and oxygen atoms in total. The Balaban J connectivity index is 1.69. The van der Waals surface area contributed by atoms with Gasteiger partial charge >= 0.3 is 0 Å². The third kappa shape index (κ3) is 3.39. The van der Waals surface area contributed by atoms with E-state index in [1.807, 2.05) is 7.05 Å². The highest BCUT2D eigenvalue weighted by Gasteiger charge is 2.23. The van der Waals surface area contributed by atoms with Crippen molar-refractivity contribution in [3.8, 4) is 0 Å². The minimum absolute atomic E-state index is 0.102. The lowest BCUT2D eigenvalue weighted by Crippen LogP contribution is -2.40. The average molecular weight is 328 g/mol. The lowest BCUT2D eigenvalue weighted by Gasteiger charge is -2.22. The van der Waals surface area contributed by atoms with Gasteiger partial charge in [0.05, 0.1) is 12.2 Å². The van der Waals surface area contributed by atoms with Gasteiger partial charge < -0.3 is 10.2 Å². The monoisotopic (exact) mass is 328 g/mol. The van der Waals surface area contributed by atoms with E-state index in [0.717, 1.165) is 29.6 Å². The fraction of sp³-hybridized carbons (Fsp3) is 0.444. The Kier molecular flexibility index (Phi) is 4.39. The minimum atomic E-state index is 0.102. The van der Waals surface area contributed by atoms with Crippen LogP contribution in [-0.2, 0) is 18.4 Å². The van der Waals surface area contributed by atoms with Gasteiger partial charge in [-0.2, -0.15) is 0 Å². The van der Waals surface area contributed by atoms with Crippen LogP contribution in [0.25, 0.3) is 0 Å². The van der Waals surface area contributed by atoms with E-state index < -0.39 is 0 Å². The Morgan fingerprint density at radius 3 is 2.83 bits per heavy atom. The number of para-hydroxylation sites is 1. The van der Waals surface area contributed by atoms with Gasteiger partial charge in [-0.15, -0.1) is 11.3 Å². The van der Waals surface area contributed by atoms with Crippen molar-refractivity contribution in [1.82, 2.24) is 10.3 Å². The molecule has 1 aliphatic heterocycles. The SMILES string of the molecule is CN=C(NCc1nc(C(C)(C)C)cs1)N1CCc2ccccc21. The fourth-order valence-electron chi connectivity index (χ4n) is 2.74. The molecule has 0 aliphatic carbocycles. The largest absolute Gasteiger partial charge is 0.349 e. The number of nitrogens with zero attached hydrogens (tertiary/aromatic N) is 3. The van der Waals surface area contributed by atoms with Crippen LogP contribution in [0, 0.1) is 0 Å². The lowest BCUT2D eigenvalue weighted by atomic mass is 9.93. The molecular weight excluding hydrogens is 304 g/mol. The third-order valence-electron chi connectivity index (χ3n) is 4.07. The first-order chi connectivity index (χ1) is 11.0. The summed E-state index contributed by atoms with van der Waals surface area (Å²) >= 11 is 1.71. The second-order valence-corrected chi connectivity index (χ2v) is 7.75. The number of guanidine groups is 1. The van der Waals surface area contributed by atoms with E-state index in [-0.39, 0.29) is 5.41 Å². The van der Waals surface area contributed by atoms with E-state index in [9.17, 15) is 0 Å². The molecule has 2 aromatic rings. The molecule has 0 fully saturated rings. The second-order valence-electron chi connectivity index (χ2n) is 6.81. The summed E-state index contributed by atoms with van der Waals surface area (Å²) < 4.78 is 0. The maximum atomic E-state index is 4.74. The Morgan fingerprint density at radius 2 is 2.13 bits per heavy atom. The van der Waals surface area contributed by atoms with E-state index in [4.69, 9.17) is 4.98 Å². The van der Waals surface area contributed by atoms with E-state index in [1.54, 1.807) is 11.3 Å². The molecule has 0 radical (unpaired) electrons. The van der Waals surface area contributed by atoms with Crippen molar-refractivity contribution in [2.24, 2.45) is 4.99 Å². The van der Waals surface area contributed by atoms with Gasteiger partial charge in [0.25, 0.3) is 0 Å². The van der Waals surface area contributed by atoms with Crippen molar-refractivity contribution in [2.45, 2.75) is 39.2 Å². The maximum absolute atomic E-state index is 4.74. The van der Waals surface area contributed by atoms with E-state index >= 15 is 0 Å². The molecular formula is C18H24N4S. The van der Waals surface area contributed by atoms with Crippen LogP contribution in [0.4, 0.5) is 5.69 Å². The molecule has 0 saturated carbocycles. The van der Waals surface area contributed by atoms with Crippen LogP contribution in [0.15, 0.2) is 34.6 Å². The van der Waals surface area contributed by atoms with Crippen molar-refractivity contribution in [3.63, 3.8) is 0 Å². The van der Waals surface area contributed by atoms with Gasteiger partial charge in [-0.3, -0.25) is 4.99 Å². The summed E-state index contributed by atoms with van der Waals surface area (Å²) in [6.45, 7) is 8.27. The van der Waals surface area contributed by atoms with Gasteiger partial charge in [0, 0.05) is 30.1 Å². The molecule has 0 spiro atoms. The molecule has 0 amide bonds. The summed E-state index contributed by atoms with van der Waals surface area (Å²) in [5.41, 5.74) is 3.90. The molecule has 0 saturated heterocycles. The number of fused-ring (bicyclic) bond motifs is 1. The number of hydrogen-bond acceptors (Lipinski definition) is 3. The van der Waals surface area contributed by atoms with Crippen LogP contribution in [0.2, 0.25) is 0 Å². The van der Waals surface area contributed by atoms with E-state index in [1.165, 1.54) is 11.3 Å². The predicted molar refractivity (Wildman–Crippen MR) is 98.5 cm³/mol. The molecule has 1 aliphatic rings.